The Balaban J connectivity index is 1.82. The van der Waals surface area contributed by atoms with E-state index < -0.39 is 0 Å². The van der Waals surface area contributed by atoms with Crippen molar-refractivity contribution in [3.05, 3.63) is 41.1 Å². The predicted molar refractivity (Wildman–Crippen MR) is 105 cm³/mol. The molecule has 6 nitrogen and oxygen atoms in total. The van der Waals surface area contributed by atoms with Crippen LogP contribution in [0, 0.1) is 13.8 Å². The molecule has 0 spiro atoms. The molecule has 138 valence electrons. The number of aromatic nitrogens is 2. The maximum Gasteiger partial charge on any atom is 0.229 e. The molecule has 0 unspecified atom stereocenters. The average molecular weight is 353 g/mol. The summed E-state index contributed by atoms with van der Waals surface area (Å²) in [6, 6.07) is 8.32. The number of hydrogen-bond donors (Lipinski definition) is 1. The second-order valence-electron chi connectivity index (χ2n) is 6.77. The molecule has 0 saturated carbocycles. The van der Waals surface area contributed by atoms with E-state index in [-0.39, 0.29) is 5.91 Å². The minimum Gasteiger partial charge on any atom is -0.353 e. The van der Waals surface area contributed by atoms with E-state index in [0.717, 1.165) is 49.8 Å². The fourth-order valence-corrected chi connectivity index (χ4v) is 3.33. The molecule has 1 fully saturated rings. The second-order valence-corrected chi connectivity index (χ2v) is 6.77. The third-order valence-corrected chi connectivity index (χ3v) is 4.87. The zero-order valence-electron chi connectivity index (χ0n) is 16.0. The molecular weight excluding hydrogens is 326 g/mol. The number of nitrogens with one attached hydrogen (secondary N) is 1. The zero-order chi connectivity index (χ0) is 18.7. The Morgan fingerprint density at radius 2 is 1.88 bits per heavy atom. The molecule has 1 aromatic carbocycles. The van der Waals surface area contributed by atoms with Crippen molar-refractivity contribution >= 4 is 23.4 Å². The molecule has 2 heterocycles. The van der Waals surface area contributed by atoms with Gasteiger partial charge in [0.05, 0.1) is 0 Å². The number of hydrogen-bond acceptors (Lipinski definition) is 5. The molecule has 1 aliphatic rings. The number of piperazine rings is 1. The molecule has 1 aromatic heterocycles. The van der Waals surface area contributed by atoms with Crippen LogP contribution in [0.5, 0.6) is 0 Å². The molecule has 1 saturated heterocycles. The van der Waals surface area contributed by atoms with Gasteiger partial charge in [-0.05, 0) is 31.4 Å². The third-order valence-electron chi connectivity index (χ3n) is 4.87. The van der Waals surface area contributed by atoms with Gasteiger partial charge in [0.2, 0.25) is 11.9 Å². The smallest absolute Gasteiger partial charge is 0.229 e. The van der Waals surface area contributed by atoms with Crippen molar-refractivity contribution in [3.8, 4) is 0 Å². The van der Waals surface area contributed by atoms with Crippen LogP contribution in [0.2, 0.25) is 0 Å². The van der Waals surface area contributed by atoms with Gasteiger partial charge in [0.15, 0.2) is 0 Å². The first kappa shape index (κ1) is 18.2. The van der Waals surface area contributed by atoms with E-state index in [2.05, 4.69) is 47.2 Å². The van der Waals surface area contributed by atoms with Gasteiger partial charge in [0, 0.05) is 50.6 Å². The molecule has 0 aliphatic carbocycles. The van der Waals surface area contributed by atoms with Crippen molar-refractivity contribution in [2.45, 2.75) is 34.1 Å². The first-order chi connectivity index (χ1) is 12.5. The van der Waals surface area contributed by atoms with Crippen LogP contribution >= 0.6 is 0 Å². The maximum atomic E-state index is 11.5. The van der Waals surface area contributed by atoms with Crippen LogP contribution in [0.25, 0.3) is 0 Å². The SMILES string of the molecule is CCc1cccc(C)c1Nc1nc(C)cc(N2CCN(C(C)=O)CC2)n1. The topological polar surface area (TPSA) is 61.4 Å². The lowest BCUT2D eigenvalue weighted by molar-refractivity contribution is -0.129. The van der Waals surface area contributed by atoms with Crippen LogP contribution in [-0.2, 0) is 11.2 Å². The standard InChI is InChI=1S/C20H27N5O/c1-5-17-8-6-7-14(2)19(17)23-20-21-15(3)13-18(22-20)25-11-9-24(10-12-25)16(4)26/h6-8,13H,5,9-12H2,1-4H3,(H,21,22,23). The molecule has 0 bridgehead atoms. The van der Waals surface area contributed by atoms with E-state index >= 15 is 0 Å². The highest BCUT2D eigenvalue weighted by molar-refractivity contribution is 5.73. The number of amides is 1. The normalized spacial score (nSPS) is 14.5. The van der Waals surface area contributed by atoms with Gasteiger partial charge in [0.25, 0.3) is 0 Å². The van der Waals surface area contributed by atoms with Gasteiger partial charge in [-0.25, -0.2) is 4.98 Å². The number of carbonyl (C=O) groups excluding carboxylic acids is 1. The summed E-state index contributed by atoms with van der Waals surface area (Å²) >= 11 is 0. The van der Waals surface area contributed by atoms with E-state index in [0.29, 0.717) is 5.95 Å². The fraction of sp³-hybridized carbons (Fsp3) is 0.450. The lowest BCUT2D eigenvalue weighted by atomic mass is 10.1. The lowest BCUT2D eigenvalue weighted by Gasteiger charge is -2.35. The van der Waals surface area contributed by atoms with Gasteiger partial charge in [-0.3, -0.25) is 4.79 Å². The summed E-state index contributed by atoms with van der Waals surface area (Å²) in [6.07, 6.45) is 0.954. The Hall–Kier alpha value is -2.63. The molecule has 3 rings (SSSR count). The summed E-state index contributed by atoms with van der Waals surface area (Å²) in [4.78, 5) is 24.9. The van der Waals surface area contributed by atoms with Crippen molar-refractivity contribution in [2.75, 3.05) is 36.4 Å². The molecule has 26 heavy (non-hydrogen) atoms. The highest BCUT2D eigenvalue weighted by Gasteiger charge is 2.20. The van der Waals surface area contributed by atoms with E-state index in [4.69, 9.17) is 4.98 Å². The predicted octanol–water partition coefficient (Wildman–Crippen LogP) is 3.07. The zero-order valence-corrected chi connectivity index (χ0v) is 16.0. The molecule has 0 radical (unpaired) electrons. The summed E-state index contributed by atoms with van der Waals surface area (Å²) in [6.45, 7) is 10.9. The number of benzene rings is 1. The van der Waals surface area contributed by atoms with Crippen molar-refractivity contribution in [1.82, 2.24) is 14.9 Å². The summed E-state index contributed by atoms with van der Waals surface area (Å²) in [5, 5.41) is 3.43. The Bertz CT molecular complexity index is 797. The van der Waals surface area contributed by atoms with Gasteiger partial charge in [-0.15, -0.1) is 0 Å². The Labute approximate surface area is 155 Å². The monoisotopic (exact) mass is 353 g/mol. The van der Waals surface area contributed by atoms with E-state index in [1.54, 1.807) is 6.92 Å². The van der Waals surface area contributed by atoms with Crippen molar-refractivity contribution < 1.29 is 4.79 Å². The highest BCUT2D eigenvalue weighted by Crippen LogP contribution is 2.25. The Morgan fingerprint density at radius 3 is 2.54 bits per heavy atom. The molecule has 1 N–H and O–H groups in total. The number of para-hydroxylation sites is 1. The molecule has 0 atom stereocenters. The average Bonchev–Trinajstić information content (AvgIpc) is 2.63. The Morgan fingerprint density at radius 1 is 1.15 bits per heavy atom. The number of anilines is 3. The minimum absolute atomic E-state index is 0.137. The molecule has 1 amide bonds. The minimum atomic E-state index is 0.137. The quantitative estimate of drug-likeness (QED) is 0.915. The van der Waals surface area contributed by atoms with E-state index in [1.165, 1.54) is 11.1 Å². The van der Waals surface area contributed by atoms with Crippen LogP contribution in [-0.4, -0.2) is 47.0 Å². The van der Waals surface area contributed by atoms with Gasteiger partial charge in [-0.2, -0.15) is 4.98 Å². The number of nitrogens with zero attached hydrogens (tertiary/aromatic N) is 4. The Kier molecular flexibility index (Phi) is 5.40. The van der Waals surface area contributed by atoms with Gasteiger partial charge < -0.3 is 15.1 Å². The summed E-state index contributed by atoms with van der Waals surface area (Å²) in [5.41, 5.74) is 4.46. The van der Waals surface area contributed by atoms with Gasteiger partial charge >= 0.3 is 0 Å². The van der Waals surface area contributed by atoms with Crippen LogP contribution in [0.15, 0.2) is 24.3 Å². The number of rotatable bonds is 4. The number of carbonyl (C=O) groups is 1. The molecular formula is C20H27N5O. The second kappa shape index (κ2) is 7.72. The van der Waals surface area contributed by atoms with Gasteiger partial charge in [0.1, 0.15) is 5.82 Å². The number of aryl methyl sites for hydroxylation is 3. The lowest BCUT2D eigenvalue weighted by Crippen LogP contribution is -2.48. The first-order valence-corrected chi connectivity index (χ1v) is 9.19. The highest BCUT2D eigenvalue weighted by atomic mass is 16.2. The molecule has 2 aromatic rings. The van der Waals surface area contributed by atoms with Crippen LogP contribution in [0.4, 0.5) is 17.5 Å². The van der Waals surface area contributed by atoms with Crippen molar-refractivity contribution in [3.63, 3.8) is 0 Å². The van der Waals surface area contributed by atoms with Crippen molar-refractivity contribution in [2.24, 2.45) is 0 Å². The third kappa shape index (κ3) is 3.95. The first-order valence-electron chi connectivity index (χ1n) is 9.19. The van der Waals surface area contributed by atoms with E-state index in [1.807, 2.05) is 17.9 Å². The molecule has 6 heteroatoms. The van der Waals surface area contributed by atoms with E-state index in [9.17, 15) is 4.79 Å². The maximum absolute atomic E-state index is 11.5. The summed E-state index contributed by atoms with van der Waals surface area (Å²) in [7, 11) is 0. The fourth-order valence-electron chi connectivity index (χ4n) is 3.33. The van der Waals surface area contributed by atoms with Crippen molar-refractivity contribution in [1.29, 1.82) is 0 Å². The van der Waals surface area contributed by atoms with Crippen LogP contribution < -0.4 is 10.2 Å². The summed E-state index contributed by atoms with van der Waals surface area (Å²) in [5.74, 6) is 1.67. The summed E-state index contributed by atoms with van der Waals surface area (Å²) < 4.78 is 0. The van der Waals surface area contributed by atoms with Gasteiger partial charge in [-0.1, -0.05) is 25.1 Å². The van der Waals surface area contributed by atoms with Crippen LogP contribution in [0.1, 0.15) is 30.7 Å². The largest absolute Gasteiger partial charge is 0.353 e. The van der Waals surface area contributed by atoms with Crippen LogP contribution in [0.3, 0.4) is 0 Å². The molecule has 1 aliphatic heterocycles.